The number of benzene rings is 11. The minimum Gasteiger partial charge on any atom is -0.310 e. The fourth-order valence-electron chi connectivity index (χ4n) is 10.8. The van der Waals surface area contributed by atoms with Gasteiger partial charge < -0.3 is 4.90 Å². The molecule has 0 bridgehead atoms. The summed E-state index contributed by atoms with van der Waals surface area (Å²) in [5, 5.41) is 2.45. The molecule has 0 spiro atoms. The summed E-state index contributed by atoms with van der Waals surface area (Å²) in [5.41, 5.74) is 22.6. The number of para-hydroxylation sites is 1. The zero-order valence-electron chi connectivity index (χ0n) is 39.4. The predicted molar refractivity (Wildman–Crippen MR) is 293 cm³/mol. The summed E-state index contributed by atoms with van der Waals surface area (Å²) in [6.45, 7) is 6.58. The molecule has 330 valence electrons. The van der Waals surface area contributed by atoms with Crippen LogP contribution in [0.5, 0.6) is 0 Å². The Morgan fingerprint density at radius 2 is 0.826 bits per heavy atom. The molecule has 0 amide bonds. The van der Waals surface area contributed by atoms with Crippen molar-refractivity contribution in [3.05, 3.63) is 306 Å². The largest absolute Gasteiger partial charge is 0.310 e. The van der Waals surface area contributed by atoms with Crippen molar-refractivity contribution in [2.45, 2.75) is 26.2 Å². The van der Waals surface area contributed by atoms with E-state index >= 15 is 0 Å². The molecule has 1 heteroatoms. The molecule has 0 N–H and O–H groups in total. The number of hydrogen-bond acceptors (Lipinski definition) is 1. The molecule has 1 aliphatic carbocycles. The first kappa shape index (κ1) is 43.1. The van der Waals surface area contributed by atoms with E-state index in [1.807, 2.05) is 0 Å². The lowest BCUT2D eigenvalue weighted by Gasteiger charge is -2.33. The molecular weight excluding hydrogens is 831 g/mol. The van der Waals surface area contributed by atoms with Gasteiger partial charge in [0.05, 0.1) is 11.1 Å². The second-order valence-corrected chi connectivity index (χ2v) is 18.2. The number of anilines is 3. The van der Waals surface area contributed by atoms with Gasteiger partial charge in [0.1, 0.15) is 0 Å². The van der Waals surface area contributed by atoms with Gasteiger partial charge in [-0.25, -0.2) is 0 Å². The van der Waals surface area contributed by atoms with Gasteiger partial charge in [-0.05, 0) is 134 Å². The van der Waals surface area contributed by atoms with Gasteiger partial charge in [0.15, 0.2) is 0 Å². The van der Waals surface area contributed by atoms with Crippen LogP contribution in [-0.4, -0.2) is 0 Å². The Bertz CT molecular complexity index is 3540. The van der Waals surface area contributed by atoms with Crippen LogP contribution >= 0.6 is 0 Å². The molecule has 0 fully saturated rings. The maximum atomic E-state index is 2.37. The molecule has 11 aromatic rings. The third kappa shape index (κ3) is 7.92. The Hall–Kier alpha value is -8.52. The summed E-state index contributed by atoms with van der Waals surface area (Å²) in [4.78, 5) is 2.37. The van der Waals surface area contributed by atoms with Gasteiger partial charge in [-0.3, -0.25) is 0 Å². The van der Waals surface area contributed by atoms with Crippen molar-refractivity contribution >= 4 is 27.8 Å². The molecule has 0 saturated carbocycles. The van der Waals surface area contributed by atoms with Crippen molar-refractivity contribution in [2.75, 3.05) is 4.90 Å². The normalized spacial score (nSPS) is 12.1. The highest BCUT2D eigenvalue weighted by Gasteiger charge is 2.45. The second kappa shape index (κ2) is 18.6. The number of aryl methyl sites for hydroxylation is 3. The summed E-state index contributed by atoms with van der Waals surface area (Å²) >= 11 is 0. The lowest BCUT2D eigenvalue weighted by atomic mass is 9.68. The minimum atomic E-state index is -0.262. The summed E-state index contributed by atoms with van der Waals surface area (Å²) in [6, 6.07) is 96.6. The highest BCUT2D eigenvalue weighted by molar-refractivity contribution is 5.99. The van der Waals surface area contributed by atoms with E-state index in [4.69, 9.17) is 0 Å². The molecule has 1 aliphatic rings. The van der Waals surface area contributed by atoms with Crippen molar-refractivity contribution in [1.29, 1.82) is 0 Å². The van der Waals surface area contributed by atoms with Crippen LogP contribution in [0, 0.1) is 20.8 Å². The van der Waals surface area contributed by atoms with Gasteiger partial charge >= 0.3 is 0 Å². The molecule has 0 atom stereocenters. The SMILES string of the molecule is Cc1ccc2c(c1)-c1ccccc1C2(c1ccccc1)c1ccccc1.Cc1ccccc1-c1ccc(-c2ccccc2-c2cccc(N(c3ccccc3)c3cccc4ccccc34)c2)cc1C. The molecule has 11 aromatic carbocycles. The zero-order valence-corrected chi connectivity index (χ0v) is 39.4. The first-order chi connectivity index (χ1) is 34.0. The quantitative estimate of drug-likeness (QED) is 0.147. The Balaban J connectivity index is 0.000000170. The van der Waals surface area contributed by atoms with Gasteiger partial charge in [-0.15, -0.1) is 0 Å². The lowest BCUT2D eigenvalue weighted by Crippen LogP contribution is -2.28. The smallest absolute Gasteiger partial charge is 0.0713 e. The van der Waals surface area contributed by atoms with Crippen LogP contribution < -0.4 is 4.90 Å². The van der Waals surface area contributed by atoms with Crippen LogP contribution in [0.1, 0.15) is 38.9 Å². The topological polar surface area (TPSA) is 3.24 Å². The van der Waals surface area contributed by atoms with E-state index in [9.17, 15) is 0 Å². The van der Waals surface area contributed by atoms with Crippen LogP contribution in [0.25, 0.3) is 55.3 Å². The maximum absolute atomic E-state index is 2.37. The molecule has 0 aromatic heterocycles. The molecular formula is C68H53N. The van der Waals surface area contributed by atoms with E-state index in [0.29, 0.717) is 0 Å². The fourth-order valence-corrected chi connectivity index (χ4v) is 10.8. The first-order valence-corrected chi connectivity index (χ1v) is 24.0. The van der Waals surface area contributed by atoms with E-state index in [0.717, 1.165) is 17.1 Å². The predicted octanol–water partition coefficient (Wildman–Crippen LogP) is 18.3. The highest BCUT2D eigenvalue weighted by atomic mass is 15.1. The molecule has 1 nitrogen and oxygen atoms in total. The molecule has 0 radical (unpaired) electrons. The Labute approximate surface area is 407 Å². The molecule has 0 heterocycles. The zero-order chi connectivity index (χ0) is 46.7. The summed E-state index contributed by atoms with van der Waals surface area (Å²) in [7, 11) is 0. The summed E-state index contributed by atoms with van der Waals surface area (Å²) in [6.07, 6.45) is 0. The number of hydrogen-bond donors (Lipinski definition) is 0. The van der Waals surface area contributed by atoms with Crippen molar-refractivity contribution in [3.63, 3.8) is 0 Å². The van der Waals surface area contributed by atoms with E-state index in [1.54, 1.807) is 0 Å². The molecule has 69 heavy (non-hydrogen) atoms. The summed E-state index contributed by atoms with van der Waals surface area (Å²) in [5.74, 6) is 0. The summed E-state index contributed by atoms with van der Waals surface area (Å²) < 4.78 is 0. The maximum Gasteiger partial charge on any atom is 0.0713 e. The Morgan fingerprint density at radius 3 is 1.52 bits per heavy atom. The van der Waals surface area contributed by atoms with E-state index in [1.165, 1.54) is 94.2 Å². The van der Waals surface area contributed by atoms with Crippen molar-refractivity contribution in [1.82, 2.24) is 0 Å². The van der Waals surface area contributed by atoms with E-state index < -0.39 is 0 Å². The van der Waals surface area contributed by atoms with Gasteiger partial charge in [-0.1, -0.05) is 242 Å². The van der Waals surface area contributed by atoms with E-state index in [-0.39, 0.29) is 5.41 Å². The third-order valence-corrected chi connectivity index (χ3v) is 14.0. The lowest BCUT2D eigenvalue weighted by molar-refractivity contribution is 0.768. The van der Waals surface area contributed by atoms with Crippen LogP contribution in [0.15, 0.2) is 267 Å². The molecule has 12 rings (SSSR count). The van der Waals surface area contributed by atoms with Crippen molar-refractivity contribution in [2.24, 2.45) is 0 Å². The Morgan fingerprint density at radius 1 is 0.304 bits per heavy atom. The third-order valence-electron chi connectivity index (χ3n) is 14.0. The average molecular weight is 884 g/mol. The Kier molecular flexibility index (Phi) is 11.6. The van der Waals surface area contributed by atoms with Crippen molar-refractivity contribution in [3.8, 4) is 44.5 Å². The standard InChI is InChI=1S/C42H33N.C26H20/c1-30-14-6-8-21-37(30)38-27-26-34(28-31(38)2)40-23-11-10-22-39(40)33-17-12-20-36(29-33)43(35-18-4-3-5-19-35)42-25-13-16-32-15-7-9-24-41(32)42;1-19-16-17-25-23(18-19)22-14-8-9-15-24(22)26(25,20-10-4-2-5-11-20)21-12-6-3-7-13-21/h3-29H,1-2H3;2-18H,1H3. The van der Waals surface area contributed by atoms with Gasteiger partial charge in [0, 0.05) is 16.8 Å². The van der Waals surface area contributed by atoms with Gasteiger partial charge in [-0.2, -0.15) is 0 Å². The van der Waals surface area contributed by atoms with Gasteiger partial charge in [0.25, 0.3) is 0 Å². The number of nitrogens with zero attached hydrogens (tertiary/aromatic N) is 1. The minimum absolute atomic E-state index is 0.262. The van der Waals surface area contributed by atoms with Gasteiger partial charge in [0.2, 0.25) is 0 Å². The number of fused-ring (bicyclic) bond motifs is 4. The van der Waals surface area contributed by atoms with E-state index in [2.05, 4.69) is 293 Å². The van der Waals surface area contributed by atoms with Crippen LogP contribution in [0.2, 0.25) is 0 Å². The fraction of sp³-hybridized carbons (Fsp3) is 0.0588. The van der Waals surface area contributed by atoms with Crippen LogP contribution in [0.4, 0.5) is 17.1 Å². The number of rotatable bonds is 8. The molecule has 0 saturated heterocycles. The second-order valence-electron chi connectivity index (χ2n) is 18.2. The highest BCUT2D eigenvalue weighted by Crippen LogP contribution is 2.56. The first-order valence-electron chi connectivity index (χ1n) is 24.0. The van der Waals surface area contributed by atoms with Crippen LogP contribution in [0.3, 0.4) is 0 Å². The average Bonchev–Trinajstić information content (AvgIpc) is 3.70. The molecule has 0 unspecified atom stereocenters. The van der Waals surface area contributed by atoms with Crippen molar-refractivity contribution < 1.29 is 0 Å². The molecule has 0 aliphatic heterocycles. The monoisotopic (exact) mass is 883 g/mol. The van der Waals surface area contributed by atoms with Crippen LogP contribution in [-0.2, 0) is 5.41 Å².